The van der Waals surface area contributed by atoms with Gasteiger partial charge in [-0.2, -0.15) is 11.8 Å². The highest BCUT2D eigenvalue weighted by Gasteiger charge is 2.27. The third kappa shape index (κ3) is 3.66. The lowest BCUT2D eigenvalue weighted by Gasteiger charge is -2.33. The molecule has 1 aliphatic carbocycles. The lowest BCUT2D eigenvalue weighted by atomic mass is 9.84. The van der Waals surface area contributed by atoms with Gasteiger partial charge in [-0.1, -0.05) is 43.1 Å². The summed E-state index contributed by atoms with van der Waals surface area (Å²) >= 11 is 8.17. The van der Waals surface area contributed by atoms with Crippen molar-refractivity contribution >= 4 is 23.4 Å². The van der Waals surface area contributed by atoms with Crippen LogP contribution in [0.1, 0.15) is 38.2 Å². The maximum Gasteiger partial charge on any atom is 0.0446 e. The number of hydrogen-bond acceptors (Lipinski definition) is 2. The quantitative estimate of drug-likeness (QED) is 0.882. The van der Waals surface area contributed by atoms with Crippen LogP contribution in [0.4, 0.5) is 0 Å². The second-order valence-electron chi connectivity index (χ2n) is 5.19. The summed E-state index contributed by atoms with van der Waals surface area (Å²) in [5.74, 6) is 1.85. The summed E-state index contributed by atoms with van der Waals surface area (Å²) in [5.41, 5.74) is 7.48. The van der Waals surface area contributed by atoms with Gasteiger partial charge in [-0.3, -0.25) is 0 Å². The van der Waals surface area contributed by atoms with E-state index in [0.29, 0.717) is 11.3 Å². The molecule has 3 heteroatoms. The standard InChI is InChI=1S/C15H22ClNS/c1-2-11-7-8-14(17)15(9-11)18-10-12-5-3-4-6-13(12)16/h3-6,11,14-15H,2,7-10,17H2,1H3. The molecule has 0 radical (unpaired) electrons. The minimum absolute atomic E-state index is 0.361. The first-order chi connectivity index (χ1) is 8.70. The third-order valence-corrected chi connectivity index (χ3v) is 5.76. The highest BCUT2D eigenvalue weighted by molar-refractivity contribution is 7.99. The fraction of sp³-hybridized carbons (Fsp3) is 0.600. The lowest BCUT2D eigenvalue weighted by Crippen LogP contribution is -2.38. The van der Waals surface area contributed by atoms with E-state index >= 15 is 0 Å². The highest BCUT2D eigenvalue weighted by atomic mass is 35.5. The summed E-state index contributed by atoms with van der Waals surface area (Å²) in [6.07, 6.45) is 5.04. The Balaban J connectivity index is 1.90. The van der Waals surface area contributed by atoms with Crippen LogP contribution in [0.25, 0.3) is 0 Å². The Hall–Kier alpha value is -0.180. The average molecular weight is 284 g/mol. The largest absolute Gasteiger partial charge is 0.327 e. The van der Waals surface area contributed by atoms with Crippen molar-refractivity contribution in [1.29, 1.82) is 0 Å². The van der Waals surface area contributed by atoms with Crippen LogP contribution in [-0.4, -0.2) is 11.3 Å². The molecule has 1 aliphatic rings. The zero-order valence-corrected chi connectivity index (χ0v) is 12.5. The summed E-state index contributed by atoms with van der Waals surface area (Å²) in [7, 11) is 0. The van der Waals surface area contributed by atoms with Crippen LogP contribution in [0.3, 0.4) is 0 Å². The summed E-state index contributed by atoms with van der Waals surface area (Å²) in [4.78, 5) is 0. The van der Waals surface area contributed by atoms with Gasteiger partial charge in [0.05, 0.1) is 0 Å². The number of benzene rings is 1. The van der Waals surface area contributed by atoms with Crippen molar-refractivity contribution in [3.63, 3.8) is 0 Å². The summed E-state index contributed by atoms with van der Waals surface area (Å²) in [5, 5.41) is 1.47. The fourth-order valence-corrected chi connectivity index (χ4v) is 4.33. The van der Waals surface area contributed by atoms with Crippen molar-refractivity contribution < 1.29 is 0 Å². The van der Waals surface area contributed by atoms with Crippen molar-refractivity contribution in [2.75, 3.05) is 0 Å². The summed E-state index contributed by atoms with van der Waals surface area (Å²) in [6.45, 7) is 2.29. The van der Waals surface area contributed by atoms with Crippen molar-refractivity contribution in [3.8, 4) is 0 Å². The van der Waals surface area contributed by atoms with Crippen LogP contribution in [-0.2, 0) is 5.75 Å². The maximum atomic E-state index is 6.24. The Bertz CT molecular complexity index is 383. The molecule has 0 amide bonds. The molecule has 1 fully saturated rings. The minimum Gasteiger partial charge on any atom is -0.327 e. The normalized spacial score (nSPS) is 28.3. The Morgan fingerprint density at radius 3 is 2.83 bits per heavy atom. The summed E-state index contributed by atoms with van der Waals surface area (Å²) in [6, 6.07) is 8.47. The predicted octanol–water partition coefficient (Wildman–Crippen LogP) is 4.48. The molecule has 1 saturated carbocycles. The van der Waals surface area contributed by atoms with Crippen LogP contribution in [0.5, 0.6) is 0 Å². The molecule has 100 valence electrons. The molecule has 2 N–H and O–H groups in total. The first-order valence-corrected chi connectivity index (χ1v) is 8.24. The van der Waals surface area contributed by atoms with Gasteiger partial charge in [0.1, 0.15) is 0 Å². The molecule has 0 aromatic heterocycles. The molecule has 3 unspecified atom stereocenters. The summed E-state index contributed by atoms with van der Waals surface area (Å²) < 4.78 is 0. The van der Waals surface area contributed by atoms with E-state index in [1.54, 1.807) is 0 Å². The van der Waals surface area contributed by atoms with Gasteiger partial charge in [0.15, 0.2) is 0 Å². The van der Waals surface area contributed by atoms with Crippen LogP contribution < -0.4 is 5.73 Å². The van der Waals surface area contributed by atoms with E-state index in [1.807, 2.05) is 23.9 Å². The van der Waals surface area contributed by atoms with Gasteiger partial charge < -0.3 is 5.73 Å². The Labute approximate surface area is 119 Å². The molecule has 18 heavy (non-hydrogen) atoms. The fourth-order valence-electron chi connectivity index (χ4n) is 2.61. The van der Waals surface area contributed by atoms with Crippen LogP contribution in [0.15, 0.2) is 24.3 Å². The molecule has 2 rings (SSSR count). The first-order valence-electron chi connectivity index (χ1n) is 6.81. The topological polar surface area (TPSA) is 26.0 Å². The van der Waals surface area contributed by atoms with Crippen molar-refractivity contribution in [2.24, 2.45) is 11.7 Å². The van der Waals surface area contributed by atoms with E-state index in [-0.39, 0.29) is 0 Å². The predicted molar refractivity (Wildman–Crippen MR) is 82.1 cm³/mol. The Morgan fingerprint density at radius 2 is 2.11 bits per heavy atom. The minimum atomic E-state index is 0.361. The van der Waals surface area contributed by atoms with Gasteiger partial charge in [-0.05, 0) is 36.8 Å². The van der Waals surface area contributed by atoms with Crippen molar-refractivity contribution in [2.45, 2.75) is 49.7 Å². The number of hydrogen-bond donors (Lipinski definition) is 1. The number of rotatable bonds is 4. The molecule has 0 saturated heterocycles. The molecule has 3 atom stereocenters. The molecule has 0 spiro atoms. The molecular formula is C15H22ClNS. The second-order valence-corrected chi connectivity index (χ2v) is 6.83. The molecule has 1 nitrogen and oxygen atoms in total. The van der Waals surface area contributed by atoms with Gasteiger partial charge in [0.25, 0.3) is 0 Å². The smallest absolute Gasteiger partial charge is 0.0446 e. The molecular weight excluding hydrogens is 262 g/mol. The molecule has 0 bridgehead atoms. The van der Waals surface area contributed by atoms with Crippen LogP contribution in [0, 0.1) is 5.92 Å². The second kappa shape index (κ2) is 6.83. The van der Waals surface area contributed by atoms with E-state index in [9.17, 15) is 0 Å². The maximum absolute atomic E-state index is 6.24. The zero-order chi connectivity index (χ0) is 13.0. The highest BCUT2D eigenvalue weighted by Crippen LogP contribution is 2.35. The van der Waals surface area contributed by atoms with Crippen LogP contribution >= 0.6 is 23.4 Å². The molecule has 0 heterocycles. The molecule has 0 aliphatic heterocycles. The zero-order valence-electron chi connectivity index (χ0n) is 10.9. The lowest BCUT2D eigenvalue weighted by molar-refractivity contribution is 0.327. The van der Waals surface area contributed by atoms with Crippen LogP contribution in [0.2, 0.25) is 5.02 Å². The van der Waals surface area contributed by atoms with E-state index in [4.69, 9.17) is 17.3 Å². The van der Waals surface area contributed by atoms with Gasteiger partial charge in [0, 0.05) is 22.1 Å². The van der Waals surface area contributed by atoms with Gasteiger partial charge >= 0.3 is 0 Å². The Morgan fingerprint density at radius 1 is 1.33 bits per heavy atom. The number of halogens is 1. The third-order valence-electron chi connectivity index (χ3n) is 3.94. The monoisotopic (exact) mass is 283 g/mol. The number of thioether (sulfide) groups is 1. The number of nitrogens with two attached hydrogens (primary N) is 1. The van der Waals surface area contributed by atoms with E-state index in [0.717, 1.165) is 16.7 Å². The Kier molecular flexibility index (Phi) is 5.40. The van der Waals surface area contributed by atoms with E-state index < -0.39 is 0 Å². The first kappa shape index (κ1) is 14.2. The van der Waals surface area contributed by atoms with Gasteiger partial charge in [-0.15, -0.1) is 0 Å². The van der Waals surface area contributed by atoms with Gasteiger partial charge in [0.2, 0.25) is 0 Å². The molecule has 1 aromatic rings. The molecule has 1 aromatic carbocycles. The van der Waals surface area contributed by atoms with E-state index in [2.05, 4.69) is 19.1 Å². The van der Waals surface area contributed by atoms with E-state index in [1.165, 1.54) is 31.2 Å². The van der Waals surface area contributed by atoms with Crippen molar-refractivity contribution in [3.05, 3.63) is 34.9 Å². The van der Waals surface area contributed by atoms with Crippen molar-refractivity contribution in [1.82, 2.24) is 0 Å². The SMILES string of the molecule is CCC1CCC(N)C(SCc2ccccc2Cl)C1. The van der Waals surface area contributed by atoms with Gasteiger partial charge in [-0.25, -0.2) is 0 Å². The average Bonchev–Trinajstić information content (AvgIpc) is 2.39.